The molecule has 26 heavy (non-hydrogen) atoms. The molecule has 2 aromatic rings. The van der Waals surface area contributed by atoms with Crippen molar-refractivity contribution in [2.75, 3.05) is 6.61 Å². The number of hydrogen-bond donors (Lipinski definition) is 2. The number of alkyl halides is 3. The first-order valence-electron chi connectivity index (χ1n) is 8.23. The molecule has 0 saturated heterocycles. The number of halogens is 3. The van der Waals surface area contributed by atoms with E-state index in [1.165, 1.54) is 12.1 Å². The van der Waals surface area contributed by atoms with E-state index in [-0.39, 0.29) is 12.6 Å². The highest BCUT2D eigenvalue weighted by molar-refractivity contribution is 5.74. The number of rotatable bonds is 6. The smallest absolute Gasteiger partial charge is 0.416 e. The Morgan fingerprint density at radius 2 is 1.88 bits per heavy atom. The molecule has 0 bridgehead atoms. The molecule has 140 valence electrons. The fourth-order valence-electron chi connectivity index (χ4n) is 2.41. The number of hydrogen-bond acceptors (Lipinski definition) is 2. The van der Waals surface area contributed by atoms with Crippen LogP contribution in [-0.2, 0) is 12.7 Å². The SMILES string of the molecule is CCOc1cccc(C(C)NC(=O)NCc2cccc(C(F)(F)F)c2)c1. The second-order valence-corrected chi connectivity index (χ2v) is 5.75. The highest BCUT2D eigenvalue weighted by Gasteiger charge is 2.30. The van der Waals surface area contributed by atoms with Crippen molar-refractivity contribution >= 4 is 6.03 Å². The second-order valence-electron chi connectivity index (χ2n) is 5.75. The molecule has 0 aliphatic rings. The van der Waals surface area contributed by atoms with Crippen molar-refractivity contribution in [3.8, 4) is 5.75 Å². The van der Waals surface area contributed by atoms with Crippen LogP contribution in [0.1, 0.15) is 36.6 Å². The van der Waals surface area contributed by atoms with E-state index in [9.17, 15) is 18.0 Å². The number of amides is 2. The van der Waals surface area contributed by atoms with Gasteiger partial charge in [-0.1, -0.05) is 24.3 Å². The quantitative estimate of drug-likeness (QED) is 0.781. The molecule has 2 amide bonds. The van der Waals surface area contributed by atoms with Crippen molar-refractivity contribution in [1.82, 2.24) is 10.6 Å². The molecule has 4 nitrogen and oxygen atoms in total. The van der Waals surface area contributed by atoms with Gasteiger partial charge < -0.3 is 15.4 Å². The summed E-state index contributed by atoms with van der Waals surface area (Å²) in [6.45, 7) is 4.24. The molecule has 0 saturated carbocycles. The predicted octanol–water partition coefficient (Wildman–Crippen LogP) is 4.66. The van der Waals surface area contributed by atoms with Crippen LogP contribution in [-0.4, -0.2) is 12.6 Å². The van der Waals surface area contributed by atoms with E-state index in [4.69, 9.17) is 4.74 Å². The van der Waals surface area contributed by atoms with Crippen LogP contribution in [0.5, 0.6) is 5.75 Å². The van der Waals surface area contributed by atoms with Crippen LogP contribution >= 0.6 is 0 Å². The van der Waals surface area contributed by atoms with Gasteiger partial charge in [0.25, 0.3) is 0 Å². The highest BCUT2D eigenvalue weighted by atomic mass is 19.4. The number of benzene rings is 2. The zero-order chi connectivity index (χ0) is 19.2. The van der Waals surface area contributed by atoms with E-state index in [1.807, 2.05) is 38.1 Å². The van der Waals surface area contributed by atoms with Crippen molar-refractivity contribution in [3.63, 3.8) is 0 Å². The lowest BCUT2D eigenvalue weighted by Gasteiger charge is -2.16. The molecule has 0 fully saturated rings. The summed E-state index contributed by atoms with van der Waals surface area (Å²) in [5, 5.41) is 5.32. The minimum atomic E-state index is -4.40. The van der Waals surface area contributed by atoms with E-state index in [0.29, 0.717) is 17.9 Å². The Labute approximate surface area is 150 Å². The minimum absolute atomic E-state index is 0.00145. The third kappa shape index (κ3) is 5.68. The molecule has 0 aromatic heterocycles. The van der Waals surface area contributed by atoms with Crippen molar-refractivity contribution in [3.05, 3.63) is 65.2 Å². The summed E-state index contributed by atoms with van der Waals surface area (Å²) in [7, 11) is 0. The van der Waals surface area contributed by atoms with E-state index in [2.05, 4.69) is 10.6 Å². The normalized spacial score (nSPS) is 12.3. The van der Waals surface area contributed by atoms with Gasteiger partial charge in [-0.25, -0.2) is 4.79 Å². The zero-order valence-corrected chi connectivity index (χ0v) is 14.6. The van der Waals surface area contributed by atoms with Crippen LogP contribution < -0.4 is 15.4 Å². The molecule has 2 N–H and O–H groups in total. The van der Waals surface area contributed by atoms with Gasteiger partial charge in [0.2, 0.25) is 0 Å². The minimum Gasteiger partial charge on any atom is -0.494 e. The van der Waals surface area contributed by atoms with Crippen LogP contribution in [0.3, 0.4) is 0 Å². The Balaban J connectivity index is 1.91. The van der Waals surface area contributed by atoms with Crippen LogP contribution in [0.4, 0.5) is 18.0 Å². The maximum atomic E-state index is 12.7. The fourth-order valence-corrected chi connectivity index (χ4v) is 2.41. The summed E-state index contributed by atoms with van der Waals surface area (Å²) >= 11 is 0. The van der Waals surface area contributed by atoms with E-state index in [0.717, 1.165) is 17.7 Å². The molecule has 2 rings (SSSR count). The topological polar surface area (TPSA) is 50.4 Å². The molecule has 2 aromatic carbocycles. The largest absolute Gasteiger partial charge is 0.494 e. The summed E-state index contributed by atoms with van der Waals surface area (Å²) in [5.74, 6) is 0.711. The number of urea groups is 1. The van der Waals surface area contributed by atoms with Crippen LogP contribution in [0.25, 0.3) is 0 Å². The maximum absolute atomic E-state index is 12.7. The summed E-state index contributed by atoms with van der Waals surface area (Å²) in [6.07, 6.45) is -4.40. The Kier molecular flexibility index (Phi) is 6.49. The van der Waals surface area contributed by atoms with E-state index < -0.39 is 17.8 Å². The Morgan fingerprint density at radius 3 is 2.58 bits per heavy atom. The standard InChI is InChI=1S/C19H21F3N2O2/c1-3-26-17-9-5-7-15(11-17)13(2)24-18(25)23-12-14-6-4-8-16(10-14)19(20,21)22/h4-11,13H,3,12H2,1-2H3,(H2,23,24,25). The molecular formula is C19H21F3N2O2. The van der Waals surface area contributed by atoms with Gasteiger partial charge in [0.15, 0.2) is 0 Å². The van der Waals surface area contributed by atoms with E-state index in [1.54, 1.807) is 0 Å². The molecule has 0 heterocycles. The predicted molar refractivity (Wildman–Crippen MR) is 92.8 cm³/mol. The Morgan fingerprint density at radius 1 is 1.15 bits per heavy atom. The average molecular weight is 366 g/mol. The van der Waals surface area contributed by atoms with Crippen LogP contribution in [0, 0.1) is 0 Å². The zero-order valence-electron chi connectivity index (χ0n) is 14.6. The number of nitrogens with one attached hydrogen (secondary N) is 2. The maximum Gasteiger partial charge on any atom is 0.416 e. The average Bonchev–Trinajstić information content (AvgIpc) is 2.60. The van der Waals surface area contributed by atoms with Gasteiger partial charge in [0.1, 0.15) is 5.75 Å². The van der Waals surface area contributed by atoms with Gasteiger partial charge in [-0.2, -0.15) is 13.2 Å². The molecule has 0 aliphatic carbocycles. The van der Waals surface area contributed by atoms with Crippen LogP contribution in [0.2, 0.25) is 0 Å². The van der Waals surface area contributed by atoms with Gasteiger partial charge in [-0.15, -0.1) is 0 Å². The lowest BCUT2D eigenvalue weighted by atomic mass is 10.1. The van der Waals surface area contributed by atoms with Crippen LogP contribution in [0.15, 0.2) is 48.5 Å². The lowest BCUT2D eigenvalue weighted by Crippen LogP contribution is -2.36. The monoisotopic (exact) mass is 366 g/mol. The number of carbonyl (C=O) groups is 1. The highest BCUT2D eigenvalue weighted by Crippen LogP contribution is 2.29. The summed E-state index contributed by atoms with van der Waals surface area (Å²) in [6, 6.07) is 11.5. The molecule has 0 radical (unpaired) electrons. The van der Waals surface area contributed by atoms with Crippen molar-refractivity contribution in [2.24, 2.45) is 0 Å². The van der Waals surface area contributed by atoms with Gasteiger partial charge in [-0.3, -0.25) is 0 Å². The summed E-state index contributed by atoms with van der Waals surface area (Å²) in [5.41, 5.74) is 0.504. The molecule has 1 atom stereocenters. The number of ether oxygens (including phenoxy) is 1. The second kappa shape index (κ2) is 8.60. The van der Waals surface area contributed by atoms with Crippen molar-refractivity contribution in [2.45, 2.75) is 32.6 Å². The summed E-state index contributed by atoms with van der Waals surface area (Å²) in [4.78, 5) is 12.0. The van der Waals surface area contributed by atoms with Gasteiger partial charge in [0, 0.05) is 6.54 Å². The first-order chi connectivity index (χ1) is 12.3. The first kappa shape index (κ1) is 19.6. The number of carbonyl (C=O) groups excluding carboxylic acids is 1. The Hall–Kier alpha value is -2.70. The molecule has 0 spiro atoms. The van der Waals surface area contributed by atoms with E-state index >= 15 is 0 Å². The lowest BCUT2D eigenvalue weighted by molar-refractivity contribution is -0.137. The Bertz CT molecular complexity index is 748. The molecule has 7 heteroatoms. The molecule has 0 aliphatic heterocycles. The molecule has 1 unspecified atom stereocenters. The summed E-state index contributed by atoms with van der Waals surface area (Å²) < 4.78 is 43.5. The van der Waals surface area contributed by atoms with Crippen molar-refractivity contribution < 1.29 is 22.7 Å². The van der Waals surface area contributed by atoms with Gasteiger partial charge >= 0.3 is 12.2 Å². The first-order valence-corrected chi connectivity index (χ1v) is 8.23. The molecular weight excluding hydrogens is 345 g/mol. The van der Waals surface area contributed by atoms with Crippen molar-refractivity contribution in [1.29, 1.82) is 0 Å². The third-order valence-electron chi connectivity index (χ3n) is 3.72. The fraction of sp³-hybridized carbons (Fsp3) is 0.316. The third-order valence-corrected chi connectivity index (χ3v) is 3.72. The van der Waals surface area contributed by atoms with Gasteiger partial charge in [-0.05, 0) is 49.2 Å². The van der Waals surface area contributed by atoms with Gasteiger partial charge in [0.05, 0.1) is 18.2 Å².